The van der Waals surface area contributed by atoms with Crippen molar-refractivity contribution in [1.29, 1.82) is 0 Å². The van der Waals surface area contributed by atoms with Crippen LogP contribution in [-0.2, 0) is 23.9 Å². The Kier molecular flexibility index (Phi) is 7.70. The van der Waals surface area contributed by atoms with Crippen molar-refractivity contribution in [2.75, 3.05) is 54.6 Å². The molecule has 11 heteroatoms. The standard InChI is InChI=1S/C27H34N4O7/c1-7-37-17-9-11-28-19(13-17)21-26(24(33)35-5)15-30(3)16-27(23(26)32,25(34)36-6)22(31(21)4)20-14-18(38-8-2)10-12-29-20/h9-14,21-22H,7-8,15-16H2,1-6H3/t21-,22+,26?,27?. The average molecular weight is 527 g/mol. The lowest BCUT2D eigenvalue weighted by Crippen LogP contribution is -2.75. The van der Waals surface area contributed by atoms with E-state index >= 15 is 0 Å². The van der Waals surface area contributed by atoms with E-state index in [0.29, 0.717) is 36.1 Å². The number of carbonyl (C=O) groups excluding carboxylic acids is 3. The largest absolute Gasteiger partial charge is 0.494 e. The van der Waals surface area contributed by atoms with Crippen LogP contribution in [0.4, 0.5) is 0 Å². The Labute approximate surface area is 222 Å². The van der Waals surface area contributed by atoms with Gasteiger partial charge in [-0.3, -0.25) is 29.3 Å². The van der Waals surface area contributed by atoms with Crippen LogP contribution in [0.15, 0.2) is 36.7 Å². The molecule has 2 aromatic heterocycles. The molecule has 2 bridgehead atoms. The third kappa shape index (κ3) is 4.10. The second-order valence-corrected chi connectivity index (χ2v) is 9.60. The highest BCUT2D eigenvalue weighted by Crippen LogP contribution is 2.60. The summed E-state index contributed by atoms with van der Waals surface area (Å²) in [4.78, 5) is 54.9. The molecule has 0 aliphatic carbocycles. The molecule has 2 fully saturated rings. The van der Waals surface area contributed by atoms with Crippen LogP contribution < -0.4 is 9.47 Å². The molecule has 0 saturated carbocycles. The van der Waals surface area contributed by atoms with E-state index in [1.807, 2.05) is 18.7 Å². The van der Waals surface area contributed by atoms with Gasteiger partial charge in [0.05, 0.1) is 50.9 Å². The predicted molar refractivity (Wildman–Crippen MR) is 135 cm³/mol. The molecule has 0 spiro atoms. The Morgan fingerprint density at radius 2 is 1.29 bits per heavy atom. The number of ketones is 1. The minimum Gasteiger partial charge on any atom is -0.494 e. The number of pyridine rings is 2. The number of esters is 2. The van der Waals surface area contributed by atoms with Gasteiger partial charge in [0, 0.05) is 37.6 Å². The Morgan fingerprint density at radius 1 is 0.868 bits per heavy atom. The summed E-state index contributed by atoms with van der Waals surface area (Å²) in [7, 11) is 5.99. The molecule has 0 N–H and O–H groups in total. The van der Waals surface area contributed by atoms with Crippen LogP contribution in [0.25, 0.3) is 0 Å². The highest BCUT2D eigenvalue weighted by atomic mass is 16.5. The van der Waals surface area contributed by atoms with E-state index in [-0.39, 0.29) is 13.1 Å². The summed E-state index contributed by atoms with van der Waals surface area (Å²) in [6.07, 6.45) is 3.14. The fraction of sp³-hybridized carbons (Fsp3) is 0.519. The Morgan fingerprint density at radius 3 is 1.66 bits per heavy atom. The molecule has 204 valence electrons. The van der Waals surface area contributed by atoms with E-state index in [4.69, 9.17) is 18.9 Å². The molecular weight excluding hydrogens is 492 g/mol. The van der Waals surface area contributed by atoms with E-state index in [1.54, 1.807) is 55.7 Å². The highest BCUT2D eigenvalue weighted by Gasteiger charge is 2.75. The second-order valence-electron chi connectivity index (χ2n) is 9.60. The molecule has 4 atom stereocenters. The third-order valence-corrected chi connectivity index (χ3v) is 7.38. The summed E-state index contributed by atoms with van der Waals surface area (Å²) in [6.45, 7) is 4.62. The lowest BCUT2D eigenvalue weighted by molar-refractivity contribution is -0.202. The van der Waals surface area contributed by atoms with Gasteiger partial charge < -0.3 is 23.8 Å². The Balaban J connectivity index is 2.04. The lowest BCUT2D eigenvalue weighted by Gasteiger charge is -2.60. The first-order chi connectivity index (χ1) is 18.2. The topological polar surface area (TPSA) is 120 Å². The predicted octanol–water partition coefficient (Wildman–Crippen LogP) is 1.84. The monoisotopic (exact) mass is 526 g/mol. The van der Waals surface area contributed by atoms with Crippen molar-refractivity contribution in [3.63, 3.8) is 0 Å². The maximum absolute atomic E-state index is 14.8. The van der Waals surface area contributed by atoms with E-state index in [2.05, 4.69) is 9.97 Å². The minimum atomic E-state index is -1.78. The van der Waals surface area contributed by atoms with Gasteiger partial charge in [0.25, 0.3) is 0 Å². The number of methoxy groups -OCH3 is 2. The van der Waals surface area contributed by atoms with Crippen molar-refractivity contribution in [2.24, 2.45) is 10.8 Å². The zero-order valence-electron chi connectivity index (χ0n) is 22.6. The van der Waals surface area contributed by atoms with Crippen LogP contribution in [-0.4, -0.2) is 92.1 Å². The number of aromatic nitrogens is 2. The maximum atomic E-state index is 14.8. The molecule has 0 aromatic carbocycles. The van der Waals surface area contributed by atoms with Crippen molar-refractivity contribution in [3.8, 4) is 11.5 Å². The number of Topliss-reactive ketones (excluding diaryl/α,β-unsaturated/α-hetero) is 1. The summed E-state index contributed by atoms with van der Waals surface area (Å²) in [6, 6.07) is 5.02. The third-order valence-electron chi connectivity index (χ3n) is 7.38. The Bertz CT molecular complexity index is 1130. The lowest BCUT2D eigenvalue weighted by atomic mass is 9.54. The molecule has 2 aliphatic rings. The van der Waals surface area contributed by atoms with E-state index in [9.17, 15) is 14.4 Å². The molecule has 11 nitrogen and oxygen atoms in total. The summed E-state index contributed by atoms with van der Waals surface area (Å²) < 4.78 is 21.9. The fourth-order valence-corrected chi connectivity index (χ4v) is 6.21. The van der Waals surface area contributed by atoms with Crippen molar-refractivity contribution in [2.45, 2.75) is 25.9 Å². The molecule has 2 aliphatic heterocycles. The fourth-order valence-electron chi connectivity index (χ4n) is 6.21. The molecule has 0 radical (unpaired) electrons. The SMILES string of the molecule is CCOc1ccnc([C@@H]2N(C)[C@H](c3cc(OCC)ccn3)C3(C(=O)OC)CN(C)CC2(C(=O)OC)C3=O)c1. The van der Waals surface area contributed by atoms with Crippen LogP contribution in [0.2, 0.25) is 0 Å². The van der Waals surface area contributed by atoms with Gasteiger partial charge in [-0.2, -0.15) is 0 Å². The number of nitrogens with zero attached hydrogens (tertiary/aromatic N) is 4. The van der Waals surface area contributed by atoms with Crippen molar-refractivity contribution >= 4 is 17.7 Å². The van der Waals surface area contributed by atoms with Crippen LogP contribution in [0, 0.1) is 10.8 Å². The van der Waals surface area contributed by atoms with Gasteiger partial charge in [-0.05, 0) is 40.1 Å². The van der Waals surface area contributed by atoms with Crippen LogP contribution >= 0.6 is 0 Å². The molecule has 2 aromatic rings. The molecule has 4 heterocycles. The molecule has 2 unspecified atom stereocenters. The van der Waals surface area contributed by atoms with Gasteiger partial charge in [0.2, 0.25) is 0 Å². The molecule has 4 rings (SSSR count). The van der Waals surface area contributed by atoms with Gasteiger partial charge >= 0.3 is 11.9 Å². The normalized spacial score (nSPS) is 27.5. The van der Waals surface area contributed by atoms with E-state index in [1.165, 1.54) is 14.2 Å². The summed E-state index contributed by atoms with van der Waals surface area (Å²) in [5, 5.41) is 0. The molecule has 2 saturated heterocycles. The van der Waals surface area contributed by atoms with Gasteiger partial charge in [-0.15, -0.1) is 0 Å². The van der Waals surface area contributed by atoms with E-state index in [0.717, 1.165) is 0 Å². The summed E-state index contributed by atoms with van der Waals surface area (Å²) in [5.41, 5.74) is -2.71. The number of piperidine rings is 2. The minimum absolute atomic E-state index is 0.0198. The number of ether oxygens (including phenoxy) is 4. The van der Waals surface area contributed by atoms with Crippen molar-refractivity contribution in [3.05, 3.63) is 48.0 Å². The number of fused-ring (bicyclic) bond motifs is 2. The van der Waals surface area contributed by atoms with Gasteiger partial charge in [0.1, 0.15) is 11.5 Å². The Hall–Kier alpha value is -3.57. The zero-order valence-corrected chi connectivity index (χ0v) is 22.6. The highest BCUT2D eigenvalue weighted by molar-refractivity contribution is 6.17. The van der Waals surface area contributed by atoms with Crippen LogP contribution in [0.5, 0.6) is 11.5 Å². The van der Waals surface area contributed by atoms with Gasteiger partial charge in [-0.25, -0.2) is 0 Å². The first kappa shape index (κ1) is 27.5. The van der Waals surface area contributed by atoms with E-state index < -0.39 is 40.6 Å². The second kappa shape index (κ2) is 10.7. The summed E-state index contributed by atoms with van der Waals surface area (Å²) >= 11 is 0. The van der Waals surface area contributed by atoms with Gasteiger partial charge in [0.15, 0.2) is 16.6 Å². The number of hydrogen-bond donors (Lipinski definition) is 0. The van der Waals surface area contributed by atoms with Gasteiger partial charge in [-0.1, -0.05) is 0 Å². The number of rotatable bonds is 8. The molecular formula is C27H34N4O7. The molecule has 38 heavy (non-hydrogen) atoms. The quantitative estimate of drug-likeness (QED) is 0.370. The van der Waals surface area contributed by atoms with Crippen molar-refractivity contribution in [1.82, 2.24) is 19.8 Å². The first-order valence-corrected chi connectivity index (χ1v) is 12.5. The molecule has 0 amide bonds. The van der Waals surface area contributed by atoms with Crippen molar-refractivity contribution < 1.29 is 33.3 Å². The zero-order chi connectivity index (χ0) is 27.7. The maximum Gasteiger partial charge on any atom is 0.322 e. The number of hydrogen-bond acceptors (Lipinski definition) is 11. The number of likely N-dealkylation sites (tertiary alicyclic amines) is 2. The first-order valence-electron chi connectivity index (χ1n) is 12.5. The average Bonchev–Trinajstić information content (AvgIpc) is 2.90. The smallest absolute Gasteiger partial charge is 0.322 e. The summed E-state index contributed by atoms with van der Waals surface area (Å²) in [5.74, 6) is -1.00. The van der Waals surface area contributed by atoms with Crippen LogP contribution in [0.3, 0.4) is 0 Å². The van der Waals surface area contributed by atoms with Crippen LogP contribution in [0.1, 0.15) is 37.3 Å². The number of carbonyl (C=O) groups is 3.